The molecule has 2 rings (SSSR count). The van der Waals surface area contributed by atoms with E-state index in [1.807, 2.05) is 11.0 Å². The molecule has 0 saturated carbocycles. The Bertz CT molecular complexity index is 312. The third kappa shape index (κ3) is 1.79. The van der Waals surface area contributed by atoms with Crippen molar-refractivity contribution in [3.63, 3.8) is 0 Å². The van der Waals surface area contributed by atoms with Gasteiger partial charge in [0.05, 0.1) is 6.04 Å². The zero-order valence-corrected chi connectivity index (χ0v) is 9.35. The Morgan fingerprint density at radius 1 is 1.71 bits per heavy atom. The third-order valence-corrected chi connectivity index (χ3v) is 3.76. The van der Waals surface area contributed by atoms with E-state index in [2.05, 4.69) is 11.4 Å². The quantitative estimate of drug-likeness (QED) is 0.714. The zero-order chi connectivity index (χ0) is 9.97. The Morgan fingerprint density at radius 2 is 2.57 bits per heavy atom. The zero-order valence-electron chi connectivity index (χ0n) is 7.78. The fourth-order valence-electron chi connectivity index (χ4n) is 1.92. The van der Waals surface area contributed by atoms with Gasteiger partial charge in [-0.25, -0.2) is 0 Å². The molecule has 14 heavy (non-hydrogen) atoms. The van der Waals surface area contributed by atoms with Gasteiger partial charge >= 0.3 is 0 Å². The number of carbonyl (C=O) groups is 1. The molecule has 1 aliphatic heterocycles. The lowest BCUT2D eigenvalue weighted by molar-refractivity contribution is -0.129. The van der Waals surface area contributed by atoms with Gasteiger partial charge in [0.2, 0.25) is 5.91 Å². The maximum absolute atomic E-state index is 11.5. The Balaban J connectivity index is 2.15. The number of hydrogen-bond acceptors (Lipinski definition) is 2. The lowest BCUT2D eigenvalue weighted by atomic mass is 10.2. The number of nitrogens with zero attached hydrogens (tertiary/aromatic N) is 1. The molecule has 2 nitrogen and oxygen atoms in total. The Kier molecular flexibility index (Phi) is 3.08. The van der Waals surface area contributed by atoms with Crippen LogP contribution in [-0.4, -0.2) is 23.2 Å². The molecule has 1 atom stereocenters. The van der Waals surface area contributed by atoms with E-state index in [0.29, 0.717) is 0 Å². The van der Waals surface area contributed by atoms with E-state index < -0.39 is 0 Å². The van der Waals surface area contributed by atoms with Crippen molar-refractivity contribution in [2.45, 2.75) is 18.9 Å². The summed E-state index contributed by atoms with van der Waals surface area (Å²) in [5, 5.41) is 2.05. The van der Waals surface area contributed by atoms with Crippen molar-refractivity contribution in [2.24, 2.45) is 0 Å². The number of halogens is 1. The van der Waals surface area contributed by atoms with Crippen molar-refractivity contribution < 1.29 is 4.79 Å². The minimum absolute atomic E-state index is 0.0579. The standard InChI is InChI=1S/C10H12ClNOS/c11-7-10(13)12-5-1-3-8(12)9-4-2-6-14-9/h2,4,6,8H,1,3,5,7H2/t8-/m1/s1. The second kappa shape index (κ2) is 4.32. The van der Waals surface area contributed by atoms with Gasteiger partial charge in [-0.05, 0) is 24.3 Å². The first-order valence-corrected chi connectivity index (χ1v) is 6.13. The van der Waals surface area contributed by atoms with Crippen LogP contribution in [0.1, 0.15) is 23.8 Å². The summed E-state index contributed by atoms with van der Waals surface area (Å²) >= 11 is 7.29. The molecule has 1 amide bonds. The largest absolute Gasteiger partial charge is 0.334 e. The van der Waals surface area contributed by atoms with Gasteiger partial charge in [-0.1, -0.05) is 6.07 Å². The van der Waals surface area contributed by atoms with Crippen molar-refractivity contribution in [1.29, 1.82) is 0 Å². The first-order valence-electron chi connectivity index (χ1n) is 4.72. The highest BCUT2D eigenvalue weighted by Crippen LogP contribution is 2.34. The number of hydrogen-bond donors (Lipinski definition) is 0. The molecule has 76 valence electrons. The summed E-state index contributed by atoms with van der Waals surface area (Å²) in [6.45, 7) is 0.855. The topological polar surface area (TPSA) is 20.3 Å². The van der Waals surface area contributed by atoms with E-state index in [4.69, 9.17) is 11.6 Å². The molecule has 1 aromatic heterocycles. The van der Waals surface area contributed by atoms with E-state index in [1.54, 1.807) is 11.3 Å². The van der Waals surface area contributed by atoms with Crippen LogP contribution in [0.2, 0.25) is 0 Å². The molecule has 1 saturated heterocycles. The van der Waals surface area contributed by atoms with Crippen LogP contribution in [0.15, 0.2) is 17.5 Å². The Morgan fingerprint density at radius 3 is 3.21 bits per heavy atom. The highest BCUT2D eigenvalue weighted by Gasteiger charge is 2.29. The predicted molar refractivity (Wildman–Crippen MR) is 58.7 cm³/mol. The van der Waals surface area contributed by atoms with Gasteiger partial charge < -0.3 is 4.90 Å². The van der Waals surface area contributed by atoms with E-state index in [9.17, 15) is 4.79 Å². The summed E-state index contributed by atoms with van der Waals surface area (Å²) in [5.41, 5.74) is 0. The van der Waals surface area contributed by atoms with Crippen LogP contribution >= 0.6 is 22.9 Å². The van der Waals surface area contributed by atoms with Gasteiger partial charge in [0.15, 0.2) is 0 Å². The average Bonchev–Trinajstić information content (AvgIpc) is 2.85. The van der Waals surface area contributed by atoms with Gasteiger partial charge in [0, 0.05) is 11.4 Å². The van der Waals surface area contributed by atoms with Crippen molar-refractivity contribution in [2.75, 3.05) is 12.4 Å². The van der Waals surface area contributed by atoms with Crippen molar-refractivity contribution in [1.82, 2.24) is 4.90 Å². The molecule has 0 aromatic carbocycles. The fourth-order valence-corrected chi connectivity index (χ4v) is 2.95. The number of alkyl halides is 1. The van der Waals surface area contributed by atoms with Crippen LogP contribution in [0.3, 0.4) is 0 Å². The minimum atomic E-state index is 0.0579. The van der Waals surface area contributed by atoms with Gasteiger partial charge in [0.25, 0.3) is 0 Å². The molecule has 1 aromatic rings. The Labute approximate surface area is 92.5 Å². The van der Waals surface area contributed by atoms with Crippen molar-refractivity contribution in [3.8, 4) is 0 Å². The summed E-state index contributed by atoms with van der Waals surface area (Å²) in [5.74, 6) is 0.157. The SMILES string of the molecule is O=C(CCl)N1CCC[C@@H]1c1cccs1. The molecular formula is C10H12ClNOS. The second-order valence-corrected chi connectivity index (χ2v) is 4.64. The summed E-state index contributed by atoms with van der Waals surface area (Å²) < 4.78 is 0. The van der Waals surface area contributed by atoms with Crippen molar-refractivity contribution >= 4 is 28.8 Å². The number of amides is 1. The van der Waals surface area contributed by atoms with E-state index in [1.165, 1.54) is 4.88 Å². The van der Waals surface area contributed by atoms with Crippen LogP contribution in [0.4, 0.5) is 0 Å². The number of likely N-dealkylation sites (tertiary alicyclic amines) is 1. The summed E-state index contributed by atoms with van der Waals surface area (Å²) in [6.07, 6.45) is 2.16. The monoisotopic (exact) mass is 229 g/mol. The molecule has 0 aliphatic carbocycles. The third-order valence-electron chi connectivity index (χ3n) is 2.56. The van der Waals surface area contributed by atoms with Crippen LogP contribution in [0.5, 0.6) is 0 Å². The molecule has 0 spiro atoms. The number of thiophene rings is 1. The molecule has 1 fully saturated rings. The van der Waals surface area contributed by atoms with E-state index in [0.717, 1.165) is 19.4 Å². The van der Waals surface area contributed by atoms with E-state index in [-0.39, 0.29) is 17.8 Å². The van der Waals surface area contributed by atoms with Gasteiger partial charge in [-0.15, -0.1) is 22.9 Å². The molecule has 2 heterocycles. The molecular weight excluding hydrogens is 218 g/mol. The molecule has 0 N–H and O–H groups in total. The first-order chi connectivity index (χ1) is 6.83. The molecule has 4 heteroatoms. The van der Waals surface area contributed by atoms with Crippen LogP contribution in [-0.2, 0) is 4.79 Å². The number of rotatable bonds is 2. The molecule has 0 unspecified atom stereocenters. The second-order valence-electron chi connectivity index (χ2n) is 3.39. The molecule has 0 radical (unpaired) electrons. The highest BCUT2D eigenvalue weighted by molar-refractivity contribution is 7.10. The van der Waals surface area contributed by atoms with Crippen LogP contribution in [0, 0.1) is 0 Å². The minimum Gasteiger partial charge on any atom is -0.334 e. The first kappa shape index (κ1) is 9.99. The van der Waals surface area contributed by atoms with Crippen LogP contribution < -0.4 is 0 Å². The fraction of sp³-hybridized carbons (Fsp3) is 0.500. The molecule has 0 bridgehead atoms. The van der Waals surface area contributed by atoms with Gasteiger partial charge in [0.1, 0.15) is 5.88 Å². The Hall–Kier alpha value is -0.540. The van der Waals surface area contributed by atoms with Gasteiger partial charge in [-0.2, -0.15) is 0 Å². The maximum atomic E-state index is 11.5. The van der Waals surface area contributed by atoms with Crippen LogP contribution in [0.25, 0.3) is 0 Å². The van der Waals surface area contributed by atoms with E-state index >= 15 is 0 Å². The lowest BCUT2D eigenvalue weighted by Crippen LogP contribution is -2.30. The predicted octanol–water partition coefficient (Wildman–Crippen LogP) is 2.65. The maximum Gasteiger partial charge on any atom is 0.238 e. The average molecular weight is 230 g/mol. The summed E-state index contributed by atoms with van der Waals surface area (Å²) in [7, 11) is 0. The summed E-state index contributed by atoms with van der Waals surface area (Å²) in [4.78, 5) is 14.7. The lowest BCUT2D eigenvalue weighted by Gasteiger charge is -2.22. The number of carbonyl (C=O) groups excluding carboxylic acids is 1. The smallest absolute Gasteiger partial charge is 0.238 e. The molecule has 1 aliphatic rings. The normalized spacial score (nSPS) is 21.5. The van der Waals surface area contributed by atoms with Crippen molar-refractivity contribution in [3.05, 3.63) is 22.4 Å². The van der Waals surface area contributed by atoms with Gasteiger partial charge in [-0.3, -0.25) is 4.79 Å². The highest BCUT2D eigenvalue weighted by atomic mass is 35.5. The summed E-state index contributed by atoms with van der Waals surface area (Å²) in [6, 6.07) is 4.40.